The van der Waals surface area contributed by atoms with Crippen molar-refractivity contribution < 1.29 is 9.84 Å². The molecule has 0 aliphatic rings. The van der Waals surface area contributed by atoms with Gasteiger partial charge in [0.2, 0.25) is 0 Å². The quantitative estimate of drug-likeness (QED) is 0.740. The topological polar surface area (TPSA) is 93.3 Å². The summed E-state index contributed by atoms with van der Waals surface area (Å²) in [6, 6.07) is 0. The van der Waals surface area contributed by atoms with Gasteiger partial charge in [-0.3, -0.25) is 0 Å². The van der Waals surface area contributed by atoms with Gasteiger partial charge in [-0.05, 0) is 6.92 Å². The van der Waals surface area contributed by atoms with Gasteiger partial charge in [0.05, 0.1) is 12.7 Å². The van der Waals surface area contributed by atoms with E-state index in [1.165, 1.54) is 0 Å². The fraction of sp³-hybridized carbons (Fsp3) is 0.692. The van der Waals surface area contributed by atoms with Crippen LogP contribution in [0.1, 0.15) is 32.2 Å². The average molecular weight is 268 g/mol. The molecule has 0 aliphatic carbocycles. The Hall–Kier alpha value is -1.40. The second-order valence-electron chi connectivity index (χ2n) is 5.65. The van der Waals surface area contributed by atoms with E-state index in [1.54, 1.807) is 7.11 Å². The fourth-order valence-corrected chi connectivity index (χ4v) is 1.51. The lowest BCUT2D eigenvalue weighted by Gasteiger charge is -2.20. The standard InChI is InChI=1S/C13H24N4O2/c1-8-10(14)16-12(13(2,3)4)17-11(8)15-6-9(18)7-19-5/h9,18H,6-7H2,1-5H3,(H3,14,15,16,17). The number of aliphatic hydroxyl groups excluding tert-OH is 1. The maximum absolute atomic E-state index is 9.64. The first-order valence-corrected chi connectivity index (χ1v) is 6.31. The van der Waals surface area contributed by atoms with Crippen molar-refractivity contribution in [1.29, 1.82) is 0 Å². The zero-order chi connectivity index (χ0) is 14.6. The van der Waals surface area contributed by atoms with Gasteiger partial charge in [0.15, 0.2) is 0 Å². The number of ether oxygens (including phenoxy) is 1. The summed E-state index contributed by atoms with van der Waals surface area (Å²) < 4.78 is 4.88. The van der Waals surface area contributed by atoms with E-state index in [4.69, 9.17) is 10.5 Å². The van der Waals surface area contributed by atoms with Crippen LogP contribution in [0.2, 0.25) is 0 Å². The van der Waals surface area contributed by atoms with Gasteiger partial charge in [-0.1, -0.05) is 20.8 Å². The van der Waals surface area contributed by atoms with E-state index in [-0.39, 0.29) is 12.0 Å². The van der Waals surface area contributed by atoms with Crippen LogP contribution in [-0.2, 0) is 10.2 Å². The SMILES string of the molecule is COCC(O)CNc1nc(C(C)(C)C)nc(N)c1C. The van der Waals surface area contributed by atoms with Crippen molar-refractivity contribution in [1.82, 2.24) is 9.97 Å². The number of anilines is 2. The van der Waals surface area contributed by atoms with Crippen LogP contribution in [0.5, 0.6) is 0 Å². The number of nitrogens with one attached hydrogen (secondary N) is 1. The number of nitrogens with two attached hydrogens (primary N) is 1. The highest BCUT2D eigenvalue weighted by molar-refractivity contribution is 5.55. The molecule has 0 fully saturated rings. The number of aliphatic hydroxyl groups is 1. The zero-order valence-corrected chi connectivity index (χ0v) is 12.3. The third-order valence-corrected chi connectivity index (χ3v) is 2.72. The number of methoxy groups -OCH3 is 1. The molecule has 0 aromatic carbocycles. The van der Waals surface area contributed by atoms with E-state index >= 15 is 0 Å². The Kier molecular flexibility index (Phi) is 5.08. The first-order valence-electron chi connectivity index (χ1n) is 6.31. The number of rotatable bonds is 5. The van der Waals surface area contributed by atoms with Gasteiger partial charge in [-0.25, -0.2) is 9.97 Å². The lowest BCUT2D eigenvalue weighted by molar-refractivity contribution is 0.0727. The zero-order valence-electron chi connectivity index (χ0n) is 12.3. The van der Waals surface area contributed by atoms with Crippen LogP contribution < -0.4 is 11.1 Å². The van der Waals surface area contributed by atoms with Gasteiger partial charge in [-0.2, -0.15) is 0 Å². The minimum atomic E-state index is -0.585. The van der Waals surface area contributed by atoms with E-state index in [0.29, 0.717) is 24.0 Å². The average Bonchev–Trinajstić information content (AvgIpc) is 2.30. The monoisotopic (exact) mass is 268 g/mol. The van der Waals surface area contributed by atoms with E-state index in [0.717, 1.165) is 5.56 Å². The predicted octanol–water partition coefficient (Wildman–Crippen LogP) is 1.08. The summed E-state index contributed by atoms with van der Waals surface area (Å²) in [4.78, 5) is 8.79. The number of aromatic nitrogens is 2. The molecule has 0 aliphatic heterocycles. The van der Waals surface area contributed by atoms with Crippen molar-refractivity contribution in [2.24, 2.45) is 0 Å². The minimum Gasteiger partial charge on any atom is -0.389 e. The van der Waals surface area contributed by atoms with E-state index in [9.17, 15) is 5.11 Å². The van der Waals surface area contributed by atoms with Crippen molar-refractivity contribution in [3.63, 3.8) is 0 Å². The van der Waals surface area contributed by atoms with Crippen LogP contribution in [0.3, 0.4) is 0 Å². The lowest BCUT2D eigenvalue weighted by Crippen LogP contribution is -2.26. The highest BCUT2D eigenvalue weighted by atomic mass is 16.5. The Labute approximate surface area is 114 Å². The molecular weight excluding hydrogens is 244 g/mol. The maximum atomic E-state index is 9.64. The molecule has 0 amide bonds. The van der Waals surface area contributed by atoms with E-state index in [1.807, 2.05) is 27.7 Å². The highest BCUT2D eigenvalue weighted by Crippen LogP contribution is 2.24. The second-order valence-corrected chi connectivity index (χ2v) is 5.65. The normalized spacial score (nSPS) is 13.4. The van der Waals surface area contributed by atoms with Crippen LogP contribution in [0, 0.1) is 6.92 Å². The summed E-state index contributed by atoms with van der Waals surface area (Å²) in [6.07, 6.45) is -0.585. The van der Waals surface area contributed by atoms with Crippen LogP contribution in [0.4, 0.5) is 11.6 Å². The fourth-order valence-electron chi connectivity index (χ4n) is 1.51. The number of nitrogen functional groups attached to an aromatic ring is 1. The molecule has 0 bridgehead atoms. The molecule has 0 radical (unpaired) electrons. The summed E-state index contributed by atoms with van der Waals surface area (Å²) >= 11 is 0. The molecule has 1 aromatic rings. The molecular formula is C13H24N4O2. The molecule has 19 heavy (non-hydrogen) atoms. The van der Waals surface area contributed by atoms with Gasteiger partial charge in [0, 0.05) is 24.6 Å². The van der Waals surface area contributed by atoms with E-state index in [2.05, 4.69) is 15.3 Å². The Morgan fingerprint density at radius 1 is 1.37 bits per heavy atom. The molecule has 108 valence electrons. The van der Waals surface area contributed by atoms with Gasteiger partial charge in [0.25, 0.3) is 0 Å². The molecule has 1 aromatic heterocycles. The number of nitrogens with zero attached hydrogens (tertiary/aromatic N) is 2. The molecule has 0 saturated heterocycles. The van der Waals surface area contributed by atoms with Crippen LogP contribution in [-0.4, -0.2) is 41.4 Å². The molecule has 1 heterocycles. The van der Waals surface area contributed by atoms with Crippen molar-refractivity contribution in [3.8, 4) is 0 Å². The molecule has 1 unspecified atom stereocenters. The van der Waals surface area contributed by atoms with Crippen LogP contribution >= 0.6 is 0 Å². The third-order valence-electron chi connectivity index (χ3n) is 2.72. The molecule has 4 N–H and O–H groups in total. The predicted molar refractivity (Wildman–Crippen MR) is 76.3 cm³/mol. The van der Waals surface area contributed by atoms with Crippen molar-refractivity contribution in [2.75, 3.05) is 31.3 Å². The van der Waals surface area contributed by atoms with Crippen LogP contribution in [0.15, 0.2) is 0 Å². The van der Waals surface area contributed by atoms with Crippen molar-refractivity contribution in [3.05, 3.63) is 11.4 Å². The Morgan fingerprint density at radius 2 is 2.00 bits per heavy atom. The van der Waals surface area contributed by atoms with Gasteiger partial charge in [0.1, 0.15) is 17.5 Å². The molecule has 6 heteroatoms. The Bertz CT molecular complexity index is 429. The summed E-state index contributed by atoms with van der Waals surface area (Å²) in [7, 11) is 1.55. The maximum Gasteiger partial charge on any atom is 0.138 e. The van der Waals surface area contributed by atoms with Crippen LogP contribution in [0.25, 0.3) is 0 Å². The molecule has 0 saturated carbocycles. The molecule has 1 atom stereocenters. The van der Waals surface area contributed by atoms with Crippen molar-refractivity contribution in [2.45, 2.75) is 39.2 Å². The summed E-state index contributed by atoms with van der Waals surface area (Å²) in [6.45, 7) is 8.57. The summed E-state index contributed by atoms with van der Waals surface area (Å²) in [5.74, 6) is 1.80. The number of hydrogen-bond acceptors (Lipinski definition) is 6. The van der Waals surface area contributed by atoms with Gasteiger partial charge in [-0.15, -0.1) is 0 Å². The molecule has 0 spiro atoms. The molecule has 6 nitrogen and oxygen atoms in total. The molecule has 1 rings (SSSR count). The first-order chi connectivity index (χ1) is 8.75. The van der Waals surface area contributed by atoms with Crippen molar-refractivity contribution >= 4 is 11.6 Å². The second kappa shape index (κ2) is 6.16. The Morgan fingerprint density at radius 3 is 2.53 bits per heavy atom. The third kappa shape index (κ3) is 4.33. The minimum absolute atomic E-state index is 0.177. The highest BCUT2D eigenvalue weighted by Gasteiger charge is 2.20. The van der Waals surface area contributed by atoms with E-state index < -0.39 is 6.10 Å². The summed E-state index contributed by atoms with van der Waals surface area (Å²) in [5, 5.41) is 12.7. The largest absolute Gasteiger partial charge is 0.389 e. The lowest BCUT2D eigenvalue weighted by atomic mass is 9.95. The first kappa shape index (κ1) is 15.7. The smallest absolute Gasteiger partial charge is 0.138 e. The van der Waals surface area contributed by atoms with Gasteiger partial charge >= 0.3 is 0 Å². The summed E-state index contributed by atoms with van der Waals surface area (Å²) in [5.41, 5.74) is 6.52. The number of hydrogen-bond donors (Lipinski definition) is 3. The van der Waals surface area contributed by atoms with Gasteiger partial charge < -0.3 is 20.9 Å². The Balaban J connectivity index is 2.91.